The molecule has 0 saturated carbocycles. The molecule has 0 atom stereocenters. The van der Waals surface area contributed by atoms with Crippen molar-refractivity contribution in [2.24, 2.45) is 0 Å². The number of nitrogens with zero attached hydrogens (tertiary/aromatic N) is 2. The molecule has 0 saturated heterocycles. The summed E-state index contributed by atoms with van der Waals surface area (Å²) in [6, 6.07) is 14.7. The second kappa shape index (κ2) is 9.07. The quantitative estimate of drug-likeness (QED) is 0.783. The van der Waals surface area contributed by atoms with Crippen molar-refractivity contribution in [3.05, 3.63) is 58.6 Å². The molecular weight excluding hydrogens is 358 g/mol. The highest BCUT2D eigenvalue weighted by atomic mass is 35.5. The van der Waals surface area contributed by atoms with E-state index in [4.69, 9.17) is 31.6 Å². The number of nitrogens with one attached hydrogen (secondary N) is 1. The van der Waals surface area contributed by atoms with Crippen LogP contribution in [0.5, 0.6) is 5.75 Å². The highest BCUT2D eigenvalue weighted by Crippen LogP contribution is 2.20. The Kier molecular flexibility index (Phi) is 6.55. The van der Waals surface area contributed by atoms with Crippen LogP contribution in [-0.4, -0.2) is 25.1 Å². The summed E-state index contributed by atoms with van der Waals surface area (Å²) in [6.45, 7) is -1.01. The van der Waals surface area contributed by atoms with Crippen molar-refractivity contribution in [2.45, 2.75) is 0 Å². The molecule has 0 aliphatic heterocycles. The van der Waals surface area contributed by atoms with Crippen molar-refractivity contribution < 1.29 is 19.1 Å². The number of rotatable bonds is 6. The Balaban J connectivity index is 1.84. The first kappa shape index (κ1) is 18.8. The first-order valence-electron chi connectivity index (χ1n) is 7.30. The van der Waals surface area contributed by atoms with Gasteiger partial charge in [0.1, 0.15) is 17.9 Å². The van der Waals surface area contributed by atoms with Crippen molar-refractivity contribution in [1.29, 1.82) is 10.5 Å². The lowest BCUT2D eigenvalue weighted by atomic mass is 10.2. The summed E-state index contributed by atoms with van der Waals surface area (Å²) in [5.74, 6) is -1.16. The summed E-state index contributed by atoms with van der Waals surface area (Å²) >= 11 is 5.82. The van der Waals surface area contributed by atoms with Crippen LogP contribution >= 0.6 is 11.6 Å². The number of ether oxygens (including phenoxy) is 2. The molecule has 1 amide bonds. The van der Waals surface area contributed by atoms with Crippen LogP contribution in [0.15, 0.2) is 42.5 Å². The Morgan fingerprint density at radius 1 is 1.04 bits per heavy atom. The van der Waals surface area contributed by atoms with E-state index < -0.39 is 25.1 Å². The molecule has 0 bridgehead atoms. The topological polar surface area (TPSA) is 112 Å². The highest BCUT2D eigenvalue weighted by molar-refractivity contribution is 6.31. The van der Waals surface area contributed by atoms with E-state index in [0.29, 0.717) is 5.02 Å². The molecular formula is C18H12ClN3O4. The van der Waals surface area contributed by atoms with Gasteiger partial charge in [0.05, 0.1) is 16.8 Å². The van der Waals surface area contributed by atoms with Gasteiger partial charge in [0.2, 0.25) is 0 Å². The van der Waals surface area contributed by atoms with E-state index in [1.54, 1.807) is 24.3 Å². The van der Waals surface area contributed by atoms with E-state index >= 15 is 0 Å². The second-order valence-electron chi connectivity index (χ2n) is 4.91. The van der Waals surface area contributed by atoms with Crippen LogP contribution in [0.1, 0.15) is 11.1 Å². The van der Waals surface area contributed by atoms with E-state index in [0.717, 1.165) is 0 Å². The number of carbonyl (C=O) groups excluding carboxylic acids is 2. The molecule has 0 aliphatic rings. The summed E-state index contributed by atoms with van der Waals surface area (Å²) in [5, 5.41) is 20.7. The molecule has 0 radical (unpaired) electrons. The van der Waals surface area contributed by atoms with Crippen molar-refractivity contribution in [3.8, 4) is 17.9 Å². The van der Waals surface area contributed by atoms with Crippen LogP contribution in [0.4, 0.5) is 5.69 Å². The van der Waals surface area contributed by atoms with Gasteiger partial charge in [0.25, 0.3) is 5.91 Å². The van der Waals surface area contributed by atoms with E-state index in [2.05, 4.69) is 5.32 Å². The van der Waals surface area contributed by atoms with Crippen LogP contribution in [0.3, 0.4) is 0 Å². The molecule has 8 heteroatoms. The zero-order chi connectivity index (χ0) is 18.9. The fraction of sp³-hybridized carbons (Fsp3) is 0.111. The van der Waals surface area contributed by atoms with E-state index in [9.17, 15) is 9.59 Å². The third-order valence-corrected chi connectivity index (χ3v) is 3.33. The van der Waals surface area contributed by atoms with Gasteiger partial charge >= 0.3 is 5.97 Å². The smallest absolute Gasteiger partial charge is 0.344 e. The third kappa shape index (κ3) is 5.23. The van der Waals surface area contributed by atoms with Gasteiger partial charge in [-0.25, -0.2) is 4.79 Å². The zero-order valence-corrected chi connectivity index (χ0v) is 14.1. The van der Waals surface area contributed by atoms with Gasteiger partial charge in [-0.1, -0.05) is 23.7 Å². The number of halogens is 1. The molecule has 130 valence electrons. The highest BCUT2D eigenvalue weighted by Gasteiger charge is 2.12. The van der Waals surface area contributed by atoms with Gasteiger partial charge in [0, 0.05) is 5.02 Å². The van der Waals surface area contributed by atoms with Crippen molar-refractivity contribution >= 4 is 29.2 Å². The molecule has 1 N–H and O–H groups in total. The fourth-order valence-corrected chi connectivity index (χ4v) is 2.09. The average Bonchev–Trinajstić information content (AvgIpc) is 2.65. The number of hydrogen-bond donors (Lipinski definition) is 1. The molecule has 2 aromatic rings. The lowest BCUT2D eigenvalue weighted by molar-refractivity contribution is -0.149. The van der Waals surface area contributed by atoms with E-state index in [1.165, 1.54) is 18.2 Å². The average molecular weight is 370 g/mol. The Morgan fingerprint density at radius 3 is 2.50 bits per heavy atom. The Bertz CT molecular complexity index is 915. The van der Waals surface area contributed by atoms with Crippen molar-refractivity contribution in [3.63, 3.8) is 0 Å². The first-order valence-corrected chi connectivity index (χ1v) is 7.68. The molecule has 0 spiro atoms. The minimum atomic E-state index is -0.778. The standard InChI is InChI=1S/C18H12ClN3O4/c19-14-6-5-12(8-20)15(7-14)22-17(23)10-26-18(24)11-25-16-4-2-1-3-13(16)9-21/h1-7H,10-11H2,(H,22,23). The maximum absolute atomic E-state index is 11.8. The Hall–Kier alpha value is -3.55. The molecule has 2 rings (SSSR count). The summed E-state index contributed by atoms with van der Waals surface area (Å²) in [4.78, 5) is 23.5. The van der Waals surface area contributed by atoms with Gasteiger partial charge < -0.3 is 14.8 Å². The van der Waals surface area contributed by atoms with Gasteiger partial charge in [-0.15, -0.1) is 0 Å². The third-order valence-electron chi connectivity index (χ3n) is 3.09. The number of amides is 1. The molecule has 0 aromatic heterocycles. The molecule has 2 aromatic carbocycles. The first-order chi connectivity index (χ1) is 12.5. The summed E-state index contributed by atoms with van der Waals surface area (Å²) in [6.07, 6.45) is 0. The van der Waals surface area contributed by atoms with Crippen molar-refractivity contribution in [1.82, 2.24) is 0 Å². The minimum absolute atomic E-state index is 0.222. The molecule has 0 fully saturated rings. The summed E-state index contributed by atoms with van der Waals surface area (Å²) in [7, 11) is 0. The van der Waals surface area contributed by atoms with Crippen molar-refractivity contribution in [2.75, 3.05) is 18.5 Å². The van der Waals surface area contributed by atoms with Gasteiger partial charge in [-0.3, -0.25) is 4.79 Å². The van der Waals surface area contributed by atoms with Gasteiger partial charge in [0.15, 0.2) is 13.2 Å². The second-order valence-corrected chi connectivity index (χ2v) is 5.34. The number of nitriles is 2. The number of carbonyl (C=O) groups is 2. The van der Waals surface area contributed by atoms with Crippen LogP contribution in [0.2, 0.25) is 5.02 Å². The minimum Gasteiger partial charge on any atom is -0.481 e. The van der Waals surface area contributed by atoms with Crippen LogP contribution in [0, 0.1) is 22.7 Å². The summed E-state index contributed by atoms with van der Waals surface area (Å²) in [5.41, 5.74) is 0.730. The predicted octanol–water partition coefficient (Wildman–Crippen LogP) is 2.64. The maximum Gasteiger partial charge on any atom is 0.344 e. The van der Waals surface area contributed by atoms with Crippen LogP contribution in [-0.2, 0) is 14.3 Å². The number of para-hydroxylation sites is 1. The van der Waals surface area contributed by atoms with E-state index in [-0.39, 0.29) is 22.6 Å². The molecule has 0 aliphatic carbocycles. The van der Waals surface area contributed by atoms with E-state index in [1.807, 2.05) is 12.1 Å². The fourth-order valence-electron chi connectivity index (χ4n) is 1.91. The SMILES string of the molecule is N#Cc1ccc(Cl)cc1NC(=O)COC(=O)COc1ccccc1C#N. The largest absolute Gasteiger partial charge is 0.481 e. The zero-order valence-electron chi connectivity index (χ0n) is 13.4. The maximum atomic E-state index is 11.8. The lowest BCUT2D eigenvalue weighted by Gasteiger charge is -2.09. The van der Waals surface area contributed by atoms with Crippen LogP contribution < -0.4 is 10.1 Å². The number of hydrogen-bond acceptors (Lipinski definition) is 6. The lowest BCUT2D eigenvalue weighted by Crippen LogP contribution is -2.24. The number of benzene rings is 2. The molecule has 0 unspecified atom stereocenters. The molecule has 26 heavy (non-hydrogen) atoms. The normalized spacial score (nSPS) is 9.50. The molecule has 7 nitrogen and oxygen atoms in total. The molecule has 0 heterocycles. The number of esters is 1. The predicted molar refractivity (Wildman–Crippen MR) is 92.4 cm³/mol. The van der Waals surface area contributed by atoms with Crippen LogP contribution in [0.25, 0.3) is 0 Å². The Morgan fingerprint density at radius 2 is 1.77 bits per heavy atom. The Labute approximate surface area is 154 Å². The van der Waals surface area contributed by atoms with Gasteiger partial charge in [-0.05, 0) is 30.3 Å². The monoisotopic (exact) mass is 369 g/mol. The van der Waals surface area contributed by atoms with Gasteiger partial charge in [-0.2, -0.15) is 10.5 Å². The number of anilines is 1. The summed E-state index contributed by atoms with van der Waals surface area (Å²) < 4.78 is 10.0.